The topological polar surface area (TPSA) is 53.8 Å². The molecule has 7 heteroatoms. The van der Waals surface area contributed by atoms with Crippen LogP contribution in [-0.4, -0.2) is 53.7 Å². The number of piperazine rings is 1. The molecular weight excluding hydrogens is 294 g/mol. The Balaban J connectivity index is 1.93. The second-order valence-electron chi connectivity index (χ2n) is 5.75. The van der Waals surface area contributed by atoms with Crippen molar-refractivity contribution in [2.24, 2.45) is 0 Å². The van der Waals surface area contributed by atoms with Gasteiger partial charge in [-0.2, -0.15) is 0 Å². The van der Waals surface area contributed by atoms with Gasteiger partial charge in [0.1, 0.15) is 11.5 Å². The smallest absolute Gasteiger partial charge is 0.257 e. The maximum absolute atomic E-state index is 12.9. The first kappa shape index (κ1) is 16.5. The van der Waals surface area contributed by atoms with Gasteiger partial charge in [-0.25, -0.2) is 8.78 Å². The molecule has 0 unspecified atom stereocenters. The van der Waals surface area contributed by atoms with E-state index in [-0.39, 0.29) is 19.0 Å². The molecule has 2 heterocycles. The third kappa shape index (κ3) is 3.84. The molecule has 1 aliphatic heterocycles. The SMILES string of the molecule is Cc1cc(C(=O)N2CCN(C(=O)CC(C)(F)F)CC2)c(C)o1. The van der Waals surface area contributed by atoms with Crippen LogP contribution in [0.4, 0.5) is 8.78 Å². The van der Waals surface area contributed by atoms with Crippen LogP contribution in [0.25, 0.3) is 0 Å². The summed E-state index contributed by atoms with van der Waals surface area (Å²) in [6.07, 6.45) is -0.791. The van der Waals surface area contributed by atoms with Crippen molar-refractivity contribution < 1.29 is 22.8 Å². The molecule has 5 nitrogen and oxygen atoms in total. The summed E-state index contributed by atoms with van der Waals surface area (Å²) in [6.45, 7) is 5.45. The van der Waals surface area contributed by atoms with E-state index >= 15 is 0 Å². The van der Waals surface area contributed by atoms with Crippen LogP contribution in [0, 0.1) is 13.8 Å². The Morgan fingerprint density at radius 1 is 1.18 bits per heavy atom. The van der Waals surface area contributed by atoms with Gasteiger partial charge in [-0.05, 0) is 26.8 Å². The van der Waals surface area contributed by atoms with Gasteiger partial charge >= 0.3 is 0 Å². The number of carbonyl (C=O) groups excluding carboxylic acids is 2. The van der Waals surface area contributed by atoms with Gasteiger partial charge in [0.25, 0.3) is 11.8 Å². The van der Waals surface area contributed by atoms with Gasteiger partial charge in [0.05, 0.1) is 12.0 Å². The molecule has 0 aliphatic carbocycles. The predicted octanol–water partition coefficient (Wildman–Crippen LogP) is 2.23. The molecule has 0 aromatic carbocycles. The number of alkyl halides is 2. The van der Waals surface area contributed by atoms with Crippen LogP contribution in [0.1, 0.15) is 35.2 Å². The van der Waals surface area contributed by atoms with E-state index in [2.05, 4.69) is 0 Å². The molecule has 1 aromatic rings. The summed E-state index contributed by atoms with van der Waals surface area (Å²) in [4.78, 5) is 27.1. The van der Waals surface area contributed by atoms with Gasteiger partial charge in [-0.15, -0.1) is 0 Å². The van der Waals surface area contributed by atoms with Crippen molar-refractivity contribution in [3.05, 3.63) is 23.2 Å². The largest absolute Gasteiger partial charge is 0.466 e. The van der Waals surface area contributed by atoms with E-state index in [9.17, 15) is 18.4 Å². The summed E-state index contributed by atoms with van der Waals surface area (Å²) in [7, 11) is 0. The van der Waals surface area contributed by atoms with E-state index in [0.29, 0.717) is 30.2 Å². The first-order valence-electron chi connectivity index (χ1n) is 7.19. The Labute approximate surface area is 127 Å². The van der Waals surface area contributed by atoms with Crippen molar-refractivity contribution in [3.8, 4) is 0 Å². The van der Waals surface area contributed by atoms with Gasteiger partial charge < -0.3 is 14.2 Å². The maximum Gasteiger partial charge on any atom is 0.257 e. The summed E-state index contributed by atoms with van der Waals surface area (Å²) in [5, 5.41) is 0. The molecule has 1 aliphatic rings. The molecule has 0 saturated carbocycles. The van der Waals surface area contributed by atoms with Crippen molar-refractivity contribution in [2.45, 2.75) is 33.1 Å². The molecule has 2 amide bonds. The van der Waals surface area contributed by atoms with Crippen molar-refractivity contribution >= 4 is 11.8 Å². The molecule has 122 valence electrons. The number of halogens is 2. The molecule has 1 aromatic heterocycles. The molecule has 0 spiro atoms. The minimum Gasteiger partial charge on any atom is -0.466 e. The van der Waals surface area contributed by atoms with E-state index in [1.165, 1.54) is 4.90 Å². The van der Waals surface area contributed by atoms with Gasteiger partial charge in [0, 0.05) is 26.2 Å². The number of hydrogen-bond acceptors (Lipinski definition) is 3. The molecule has 22 heavy (non-hydrogen) atoms. The average molecular weight is 314 g/mol. The van der Waals surface area contributed by atoms with Gasteiger partial charge in [0.15, 0.2) is 0 Å². The molecule has 0 radical (unpaired) electrons. The zero-order valence-electron chi connectivity index (χ0n) is 13.0. The molecule has 0 atom stereocenters. The van der Waals surface area contributed by atoms with E-state index in [0.717, 1.165) is 6.92 Å². The average Bonchev–Trinajstić information content (AvgIpc) is 2.75. The number of aryl methyl sites for hydroxylation is 2. The second kappa shape index (κ2) is 6.06. The second-order valence-corrected chi connectivity index (χ2v) is 5.75. The Hall–Kier alpha value is -1.92. The molecule has 1 fully saturated rings. The third-order valence-corrected chi connectivity index (χ3v) is 3.65. The summed E-state index contributed by atoms with van der Waals surface area (Å²) in [5.74, 6) is -2.50. The summed E-state index contributed by atoms with van der Waals surface area (Å²) < 4.78 is 31.1. The van der Waals surface area contributed by atoms with E-state index in [1.807, 2.05) is 0 Å². The standard InChI is InChI=1S/C15H20F2N2O3/c1-10-8-12(11(2)22-10)14(21)19-6-4-18(5-7-19)13(20)9-15(3,16)17/h8H,4-7,9H2,1-3H3. The van der Waals surface area contributed by atoms with Crippen LogP contribution >= 0.6 is 0 Å². The van der Waals surface area contributed by atoms with Crippen LogP contribution in [-0.2, 0) is 4.79 Å². The highest BCUT2D eigenvalue weighted by Gasteiger charge is 2.31. The normalized spacial score (nSPS) is 16.0. The highest BCUT2D eigenvalue weighted by molar-refractivity contribution is 5.95. The molecular formula is C15H20F2N2O3. The molecule has 1 saturated heterocycles. The zero-order valence-corrected chi connectivity index (χ0v) is 13.0. The fourth-order valence-corrected chi connectivity index (χ4v) is 2.55. The van der Waals surface area contributed by atoms with Gasteiger partial charge in [-0.3, -0.25) is 9.59 Å². The lowest BCUT2D eigenvalue weighted by Gasteiger charge is -2.35. The Kier molecular flexibility index (Phi) is 4.53. The van der Waals surface area contributed by atoms with Gasteiger partial charge in [-0.1, -0.05) is 0 Å². The number of carbonyl (C=O) groups is 2. The van der Waals surface area contributed by atoms with Crippen LogP contribution < -0.4 is 0 Å². The number of rotatable bonds is 3. The first-order chi connectivity index (χ1) is 10.2. The Morgan fingerprint density at radius 2 is 1.73 bits per heavy atom. The summed E-state index contributed by atoms with van der Waals surface area (Å²) in [6, 6.07) is 1.69. The van der Waals surface area contributed by atoms with Crippen LogP contribution in [0.15, 0.2) is 10.5 Å². The lowest BCUT2D eigenvalue weighted by molar-refractivity contribution is -0.139. The molecule has 0 N–H and O–H groups in total. The highest BCUT2D eigenvalue weighted by Crippen LogP contribution is 2.20. The summed E-state index contributed by atoms with van der Waals surface area (Å²) >= 11 is 0. The van der Waals surface area contributed by atoms with Crippen molar-refractivity contribution in [1.29, 1.82) is 0 Å². The van der Waals surface area contributed by atoms with Crippen molar-refractivity contribution in [1.82, 2.24) is 9.80 Å². The highest BCUT2D eigenvalue weighted by atomic mass is 19.3. The quantitative estimate of drug-likeness (QED) is 0.859. The fourth-order valence-electron chi connectivity index (χ4n) is 2.55. The number of nitrogens with zero attached hydrogens (tertiary/aromatic N) is 2. The van der Waals surface area contributed by atoms with E-state index in [1.54, 1.807) is 24.8 Å². The lowest BCUT2D eigenvalue weighted by atomic mass is 10.2. The monoisotopic (exact) mass is 314 g/mol. The van der Waals surface area contributed by atoms with E-state index in [4.69, 9.17) is 4.42 Å². The predicted molar refractivity (Wildman–Crippen MR) is 75.9 cm³/mol. The Bertz CT molecular complexity index is 570. The van der Waals surface area contributed by atoms with Crippen LogP contribution in [0.3, 0.4) is 0 Å². The molecule has 2 rings (SSSR count). The fraction of sp³-hybridized carbons (Fsp3) is 0.600. The maximum atomic E-state index is 12.9. The summed E-state index contributed by atoms with van der Waals surface area (Å²) in [5.41, 5.74) is 0.511. The number of hydrogen-bond donors (Lipinski definition) is 0. The number of furan rings is 1. The van der Waals surface area contributed by atoms with Crippen LogP contribution in [0.5, 0.6) is 0 Å². The first-order valence-corrected chi connectivity index (χ1v) is 7.19. The van der Waals surface area contributed by atoms with Crippen molar-refractivity contribution in [2.75, 3.05) is 26.2 Å². The molecule has 0 bridgehead atoms. The van der Waals surface area contributed by atoms with E-state index < -0.39 is 18.3 Å². The Morgan fingerprint density at radius 3 is 2.18 bits per heavy atom. The minimum atomic E-state index is -3.00. The van der Waals surface area contributed by atoms with Crippen LogP contribution in [0.2, 0.25) is 0 Å². The third-order valence-electron chi connectivity index (χ3n) is 3.65. The lowest BCUT2D eigenvalue weighted by Crippen LogP contribution is -2.51. The minimum absolute atomic E-state index is 0.151. The van der Waals surface area contributed by atoms with Crippen molar-refractivity contribution in [3.63, 3.8) is 0 Å². The van der Waals surface area contributed by atoms with Gasteiger partial charge in [0.2, 0.25) is 5.91 Å². The number of amides is 2. The zero-order chi connectivity index (χ0) is 16.5.